The second-order valence-corrected chi connectivity index (χ2v) is 6.97. The molecule has 1 saturated carbocycles. The van der Waals surface area contributed by atoms with Gasteiger partial charge in [0.1, 0.15) is 11.6 Å². The smallest absolute Gasteiger partial charge is 0.121 e. The van der Waals surface area contributed by atoms with E-state index in [0.29, 0.717) is 17.3 Å². The third kappa shape index (κ3) is 2.52. The molecule has 1 aromatic carbocycles. The highest BCUT2D eigenvalue weighted by atomic mass is 35.5. The van der Waals surface area contributed by atoms with E-state index in [9.17, 15) is 0 Å². The number of benzene rings is 1. The maximum atomic E-state index is 5.99. The van der Waals surface area contributed by atoms with Crippen LogP contribution >= 0.6 is 11.6 Å². The maximum absolute atomic E-state index is 5.99. The number of fused-ring (bicyclic) bond motifs is 1. The summed E-state index contributed by atoms with van der Waals surface area (Å²) < 4.78 is 7.76. The Morgan fingerprint density at radius 2 is 2.24 bits per heavy atom. The Morgan fingerprint density at radius 1 is 1.43 bits per heavy atom. The normalized spacial score (nSPS) is 21.0. The maximum Gasteiger partial charge on any atom is 0.121 e. The first kappa shape index (κ1) is 14.7. The molecule has 1 heterocycles. The molecular formula is C17H23ClN2O. The monoisotopic (exact) mass is 306 g/mol. The predicted octanol–water partition coefficient (Wildman–Crippen LogP) is 4.58. The summed E-state index contributed by atoms with van der Waals surface area (Å²) in [6.45, 7) is 4.73. The summed E-state index contributed by atoms with van der Waals surface area (Å²) in [6, 6.07) is 6.68. The van der Waals surface area contributed by atoms with Crippen LogP contribution in [0.4, 0.5) is 0 Å². The van der Waals surface area contributed by atoms with Gasteiger partial charge in [0.05, 0.1) is 18.1 Å². The van der Waals surface area contributed by atoms with Crippen LogP contribution in [0.5, 0.6) is 5.75 Å². The van der Waals surface area contributed by atoms with Crippen molar-refractivity contribution in [2.24, 2.45) is 5.41 Å². The molecule has 0 bridgehead atoms. The average molecular weight is 307 g/mol. The van der Waals surface area contributed by atoms with Gasteiger partial charge in [-0.25, -0.2) is 4.98 Å². The zero-order valence-electron chi connectivity index (χ0n) is 13.0. The van der Waals surface area contributed by atoms with Crippen LogP contribution < -0.4 is 4.74 Å². The van der Waals surface area contributed by atoms with Gasteiger partial charge < -0.3 is 9.30 Å². The van der Waals surface area contributed by atoms with Gasteiger partial charge in [-0.3, -0.25) is 0 Å². The highest BCUT2D eigenvalue weighted by Gasteiger charge is 2.37. The van der Waals surface area contributed by atoms with Crippen LogP contribution in [0.15, 0.2) is 18.2 Å². The minimum Gasteiger partial charge on any atom is -0.497 e. The predicted molar refractivity (Wildman–Crippen MR) is 87.4 cm³/mol. The Morgan fingerprint density at radius 3 is 2.86 bits per heavy atom. The van der Waals surface area contributed by atoms with Gasteiger partial charge in [-0.1, -0.05) is 20.3 Å². The van der Waals surface area contributed by atoms with Crippen LogP contribution in [-0.4, -0.2) is 22.5 Å². The summed E-state index contributed by atoms with van der Waals surface area (Å²) in [5.74, 6) is 2.57. The van der Waals surface area contributed by atoms with Gasteiger partial charge >= 0.3 is 0 Å². The molecule has 0 saturated heterocycles. The average Bonchev–Trinajstić information content (AvgIpc) is 2.97. The fourth-order valence-corrected chi connectivity index (χ4v) is 3.82. The highest BCUT2D eigenvalue weighted by Crippen LogP contribution is 2.47. The molecule has 0 spiro atoms. The second kappa shape index (κ2) is 5.53. The number of methoxy groups -OCH3 is 1. The van der Waals surface area contributed by atoms with Crippen LogP contribution in [0.1, 0.15) is 45.0 Å². The zero-order chi connectivity index (χ0) is 15.0. The zero-order valence-corrected chi connectivity index (χ0v) is 13.8. The molecule has 114 valence electrons. The summed E-state index contributed by atoms with van der Waals surface area (Å²) in [5.41, 5.74) is 2.53. The number of aromatic nitrogens is 2. The molecule has 0 N–H and O–H groups in total. The van der Waals surface area contributed by atoms with Crippen molar-refractivity contribution in [2.75, 3.05) is 13.0 Å². The molecular weight excluding hydrogens is 284 g/mol. The minimum absolute atomic E-state index is 0.314. The Hall–Kier alpha value is -1.22. The van der Waals surface area contributed by atoms with Crippen molar-refractivity contribution in [2.45, 2.75) is 45.6 Å². The Bertz CT molecular complexity index is 648. The Labute approximate surface area is 131 Å². The van der Waals surface area contributed by atoms with E-state index in [4.69, 9.17) is 21.3 Å². The van der Waals surface area contributed by atoms with E-state index in [-0.39, 0.29) is 0 Å². The van der Waals surface area contributed by atoms with Crippen molar-refractivity contribution < 1.29 is 4.74 Å². The summed E-state index contributed by atoms with van der Waals surface area (Å²) in [7, 11) is 1.69. The first-order chi connectivity index (χ1) is 10.1. The summed E-state index contributed by atoms with van der Waals surface area (Å²) in [4.78, 5) is 4.82. The molecule has 21 heavy (non-hydrogen) atoms. The molecule has 1 aliphatic rings. The number of imidazole rings is 1. The van der Waals surface area contributed by atoms with Gasteiger partial charge in [-0.05, 0) is 30.4 Å². The van der Waals surface area contributed by atoms with Crippen molar-refractivity contribution in [3.8, 4) is 5.75 Å². The molecule has 0 aliphatic heterocycles. The van der Waals surface area contributed by atoms with Crippen molar-refractivity contribution in [3.05, 3.63) is 24.0 Å². The van der Waals surface area contributed by atoms with Crippen LogP contribution in [-0.2, 0) is 6.42 Å². The number of ether oxygens (including phenoxy) is 1. The van der Waals surface area contributed by atoms with Gasteiger partial charge in [0.2, 0.25) is 0 Å². The number of nitrogens with zero attached hydrogens (tertiary/aromatic N) is 2. The van der Waals surface area contributed by atoms with Crippen molar-refractivity contribution >= 4 is 22.6 Å². The standard InChI is InChI=1S/C17H23ClN2O/c1-17(2)9-4-5-15(17)20-14-7-6-12(21-3)11-13(14)19-16(20)8-10-18/h6-7,11,15H,4-5,8-10H2,1-3H3. The first-order valence-corrected chi connectivity index (χ1v) is 8.21. The molecule has 1 aromatic heterocycles. The lowest BCUT2D eigenvalue weighted by atomic mass is 9.87. The number of alkyl halides is 1. The third-order valence-corrected chi connectivity index (χ3v) is 4.99. The molecule has 0 radical (unpaired) electrons. The highest BCUT2D eigenvalue weighted by molar-refractivity contribution is 6.17. The van der Waals surface area contributed by atoms with Crippen LogP contribution in [0.3, 0.4) is 0 Å². The lowest BCUT2D eigenvalue weighted by Gasteiger charge is -2.30. The van der Waals surface area contributed by atoms with Gasteiger partial charge in [0, 0.05) is 24.4 Å². The minimum atomic E-state index is 0.314. The topological polar surface area (TPSA) is 27.1 Å². The number of halogens is 1. The van der Waals surface area contributed by atoms with Crippen molar-refractivity contribution in [3.63, 3.8) is 0 Å². The number of hydrogen-bond donors (Lipinski definition) is 0. The van der Waals surface area contributed by atoms with Gasteiger partial charge in [0.15, 0.2) is 0 Å². The Kier molecular flexibility index (Phi) is 3.87. The quantitative estimate of drug-likeness (QED) is 0.773. The number of rotatable bonds is 4. The summed E-state index contributed by atoms with van der Waals surface area (Å²) in [5, 5.41) is 0. The molecule has 1 atom stereocenters. The van der Waals surface area contributed by atoms with Crippen LogP contribution in [0, 0.1) is 5.41 Å². The largest absolute Gasteiger partial charge is 0.497 e. The lowest BCUT2D eigenvalue weighted by Crippen LogP contribution is -2.23. The van der Waals surface area contributed by atoms with Gasteiger partial charge in [-0.2, -0.15) is 0 Å². The molecule has 1 aliphatic carbocycles. The second-order valence-electron chi connectivity index (χ2n) is 6.59. The van der Waals surface area contributed by atoms with E-state index in [1.54, 1.807) is 7.11 Å². The van der Waals surface area contributed by atoms with Gasteiger partial charge in [0.25, 0.3) is 0 Å². The molecule has 4 heteroatoms. The summed E-state index contributed by atoms with van der Waals surface area (Å²) >= 11 is 5.99. The lowest BCUT2D eigenvalue weighted by molar-refractivity contribution is 0.261. The molecule has 1 unspecified atom stereocenters. The van der Waals surface area contributed by atoms with Crippen molar-refractivity contribution in [1.82, 2.24) is 9.55 Å². The van der Waals surface area contributed by atoms with Crippen LogP contribution in [0.25, 0.3) is 11.0 Å². The van der Waals surface area contributed by atoms with E-state index in [1.807, 2.05) is 12.1 Å². The number of aryl methyl sites for hydroxylation is 1. The van der Waals surface area contributed by atoms with E-state index in [2.05, 4.69) is 24.5 Å². The molecule has 2 aromatic rings. The van der Waals surface area contributed by atoms with Crippen LogP contribution in [0.2, 0.25) is 0 Å². The number of hydrogen-bond acceptors (Lipinski definition) is 2. The fraction of sp³-hybridized carbons (Fsp3) is 0.588. The first-order valence-electron chi connectivity index (χ1n) is 7.67. The fourth-order valence-electron chi connectivity index (χ4n) is 3.65. The molecule has 0 amide bonds. The molecule has 1 fully saturated rings. The van der Waals surface area contributed by atoms with Gasteiger partial charge in [-0.15, -0.1) is 11.6 Å². The molecule has 3 nitrogen and oxygen atoms in total. The van der Waals surface area contributed by atoms with Crippen molar-refractivity contribution in [1.29, 1.82) is 0 Å². The summed E-state index contributed by atoms with van der Waals surface area (Å²) in [6.07, 6.45) is 4.59. The van der Waals surface area contributed by atoms with E-state index >= 15 is 0 Å². The molecule has 3 rings (SSSR count). The third-order valence-electron chi connectivity index (χ3n) is 4.80. The van der Waals surface area contributed by atoms with E-state index in [0.717, 1.165) is 23.5 Å². The van der Waals surface area contributed by atoms with E-state index in [1.165, 1.54) is 24.8 Å². The SMILES string of the molecule is COc1ccc2c(c1)nc(CCCl)n2C1CCCC1(C)C. The van der Waals surface area contributed by atoms with E-state index < -0.39 is 0 Å². The Balaban J connectivity index is 2.16.